The van der Waals surface area contributed by atoms with E-state index in [2.05, 4.69) is 25.5 Å². The molecule has 2 fully saturated rings. The van der Waals surface area contributed by atoms with Crippen LogP contribution in [0.1, 0.15) is 55.0 Å². The molecule has 1 unspecified atom stereocenters. The van der Waals surface area contributed by atoms with Gasteiger partial charge in [0.15, 0.2) is 5.43 Å². The fourth-order valence-corrected chi connectivity index (χ4v) is 7.20. The van der Waals surface area contributed by atoms with Crippen LogP contribution in [0.15, 0.2) is 53.6 Å². The normalized spacial score (nSPS) is 16.4. The van der Waals surface area contributed by atoms with Crippen molar-refractivity contribution in [2.24, 2.45) is 5.92 Å². The molecule has 1 atom stereocenters. The number of imide groups is 1. The smallest absolute Gasteiger partial charge is 0.253 e. The van der Waals surface area contributed by atoms with Gasteiger partial charge in [0.2, 0.25) is 11.8 Å². The monoisotopic (exact) mass is 833 g/mol. The average Bonchev–Trinajstić information content (AvgIpc) is 3.88. The molecule has 60 heavy (non-hydrogen) atoms. The number of benzene rings is 1. The minimum Gasteiger partial charge on any atom is -0.379 e. The van der Waals surface area contributed by atoms with E-state index in [0.717, 1.165) is 40.9 Å². The lowest BCUT2D eigenvalue weighted by molar-refractivity contribution is -0.137. The zero-order valence-electron chi connectivity index (χ0n) is 34.3. The molecule has 16 nitrogen and oxygen atoms in total. The summed E-state index contributed by atoms with van der Waals surface area (Å²) >= 11 is 0. The third-order valence-electron chi connectivity index (χ3n) is 10.6. The number of nitrogens with one attached hydrogen (secondary N) is 3. The summed E-state index contributed by atoms with van der Waals surface area (Å²) < 4.78 is 39.8. The van der Waals surface area contributed by atoms with Crippen molar-refractivity contribution >= 4 is 40.2 Å². The number of fused-ring (bicyclic) bond motifs is 1. The highest BCUT2D eigenvalue weighted by atomic mass is 19.1. The lowest BCUT2D eigenvalue weighted by Gasteiger charge is -2.22. The largest absolute Gasteiger partial charge is 0.379 e. The Bertz CT molecular complexity index is 2040. The van der Waals surface area contributed by atoms with Gasteiger partial charge in [0.05, 0.1) is 64.1 Å². The van der Waals surface area contributed by atoms with Gasteiger partial charge in [0.25, 0.3) is 11.8 Å². The molecule has 2 aliphatic heterocycles. The zero-order chi connectivity index (χ0) is 42.3. The molecule has 4 amide bonds. The molecule has 17 heteroatoms. The molecule has 6 rings (SSSR count). The number of pyridine rings is 2. The minimum atomic E-state index is -0.412. The Kier molecular flexibility index (Phi) is 16.7. The lowest BCUT2D eigenvalue weighted by atomic mass is 10.1. The number of nitrogens with zero attached hydrogens (tertiary/aromatic N) is 4. The van der Waals surface area contributed by atoms with Gasteiger partial charge in [-0.1, -0.05) is 0 Å². The van der Waals surface area contributed by atoms with Crippen molar-refractivity contribution in [2.45, 2.75) is 58.2 Å². The highest BCUT2D eigenvalue weighted by Gasteiger charge is 2.29. The van der Waals surface area contributed by atoms with Gasteiger partial charge in [-0.3, -0.25) is 33.9 Å². The number of ether oxygens (including phenoxy) is 4. The van der Waals surface area contributed by atoms with Gasteiger partial charge in [-0.15, -0.1) is 0 Å². The van der Waals surface area contributed by atoms with Gasteiger partial charge in [-0.25, -0.2) is 4.39 Å². The SMILES string of the molecule is Cc1cc(CNCc2cn(C3CC3)c3cc(N4CCC(CNC(=O)CCOCCOCCOCCOCCNC(=O)CCN5C(=O)C=CC5=O)C4)c(F)cc3c2=O)ccn1. The van der Waals surface area contributed by atoms with Crippen LogP contribution in [-0.2, 0) is 51.2 Å². The number of amides is 4. The van der Waals surface area contributed by atoms with E-state index in [1.54, 1.807) is 6.20 Å². The molecule has 0 radical (unpaired) electrons. The number of hydrogen-bond acceptors (Lipinski definition) is 12. The summed E-state index contributed by atoms with van der Waals surface area (Å²) in [6.07, 6.45) is 9.20. The molecular formula is C43H56FN7O9. The predicted molar refractivity (Wildman–Crippen MR) is 221 cm³/mol. The Hall–Kier alpha value is -5.07. The number of aromatic nitrogens is 2. The second-order valence-electron chi connectivity index (χ2n) is 15.2. The first kappa shape index (κ1) is 44.5. The Morgan fingerprint density at radius 3 is 2.22 bits per heavy atom. The van der Waals surface area contributed by atoms with Crippen molar-refractivity contribution in [3.63, 3.8) is 0 Å². The van der Waals surface area contributed by atoms with Gasteiger partial charge in [0, 0.05) is 106 Å². The van der Waals surface area contributed by atoms with Crippen LogP contribution in [0, 0.1) is 18.7 Å². The summed E-state index contributed by atoms with van der Waals surface area (Å²) in [5, 5.41) is 9.43. The number of rotatable bonds is 26. The Morgan fingerprint density at radius 2 is 1.52 bits per heavy atom. The van der Waals surface area contributed by atoms with Gasteiger partial charge in [-0.2, -0.15) is 0 Å². The van der Waals surface area contributed by atoms with Gasteiger partial charge in [0.1, 0.15) is 5.82 Å². The van der Waals surface area contributed by atoms with Crippen LogP contribution >= 0.6 is 0 Å². The van der Waals surface area contributed by atoms with Crippen molar-refractivity contribution in [2.75, 3.05) is 90.5 Å². The molecule has 0 bridgehead atoms. The van der Waals surface area contributed by atoms with Crippen LogP contribution in [0.2, 0.25) is 0 Å². The molecule has 4 heterocycles. The fraction of sp³-hybridized carbons (Fsp3) is 0.535. The Morgan fingerprint density at radius 1 is 0.833 bits per heavy atom. The number of hydrogen-bond donors (Lipinski definition) is 3. The van der Waals surface area contributed by atoms with Gasteiger partial charge >= 0.3 is 0 Å². The fourth-order valence-electron chi connectivity index (χ4n) is 7.20. The average molecular weight is 834 g/mol. The van der Waals surface area contributed by atoms with Crippen molar-refractivity contribution in [1.82, 2.24) is 30.4 Å². The summed E-state index contributed by atoms with van der Waals surface area (Å²) in [5.74, 6) is -1.44. The van der Waals surface area contributed by atoms with E-state index in [9.17, 15) is 24.0 Å². The maximum absolute atomic E-state index is 15.7. The van der Waals surface area contributed by atoms with E-state index in [4.69, 9.17) is 18.9 Å². The molecular weight excluding hydrogens is 778 g/mol. The van der Waals surface area contributed by atoms with Gasteiger partial charge in [-0.05, 0) is 61.9 Å². The molecule has 1 aliphatic carbocycles. The van der Waals surface area contributed by atoms with E-state index in [0.29, 0.717) is 108 Å². The highest BCUT2D eigenvalue weighted by Crippen LogP contribution is 2.38. The summed E-state index contributed by atoms with van der Waals surface area (Å²) in [7, 11) is 0. The first-order valence-electron chi connectivity index (χ1n) is 20.8. The molecule has 0 spiro atoms. The third kappa shape index (κ3) is 13.2. The Labute approximate surface area is 348 Å². The van der Waals surface area contributed by atoms with Crippen LogP contribution in [0.4, 0.5) is 10.1 Å². The molecule has 2 aromatic heterocycles. The van der Waals surface area contributed by atoms with Crippen LogP contribution in [0.3, 0.4) is 0 Å². The summed E-state index contributed by atoms with van der Waals surface area (Å²) in [5.41, 5.74) is 3.73. The van der Waals surface area contributed by atoms with Crippen LogP contribution in [-0.4, -0.2) is 124 Å². The highest BCUT2D eigenvalue weighted by molar-refractivity contribution is 6.13. The first-order chi connectivity index (χ1) is 29.2. The summed E-state index contributed by atoms with van der Waals surface area (Å²) in [4.78, 5) is 68.2. The van der Waals surface area contributed by atoms with E-state index >= 15 is 4.39 Å². The topological polar surface area (TPSA) is 183 Å². The van der Waals surface area contributed by atoms with Gasteiger partial charge < -0.3 is 44.4 Å². The Balaban J connectivity index is 0.790. The van der Waals surface area contributed by atoms with E-state index in [1.807, 2.05) is 36.2 Å². The van der Waals surface area contributed by atoms with Crippen LogP contribution in [0.5, 0.6) is 0 Å². The standard InChI is InChI=1S/C43H56FN7O9/c1-30-22-31(6-10-46-30)25-45-27-33-29-51(34-2-3-34)37-24-38(36(44)23-35(37)43(33)56)49-12-7-32(28-49)26-48-40(53)9-14-57-16-18-59-20-21-60-19-17-58-15-11-47-39(52)8-13-50-41(54)4-5-42(50)55/h4-6,10,22-24,29,32,34,45H,2-3,7-9,11-21,25-28H2,1H3,(H,47,52)(H,48,53). The maximum atomic E-state index is 15.7. The second-order valence-corrected chi connectivity index (χ2v) is 15.2. The van der Waals surface area contributed by atoms with Crippen LogP contribution < -0.4 is 26.3 Å². The van der Waals surface area contributed by atoms with Crippen LogP contribution in [0.25, 0.3) is 10.9 Å². The maximum Gasteiger partial charge on any atom is 0.253 e. The molecule has 324 valence electrons. The van der Waals surface area contributed by atoms with Crippen molar-refractivity contribution in [3.8, 4) is 0 Å². The number of aryl methyl sites for hydroxylation is 1. The molecule has 3 N–H and O–H groups in total. The minimum absolute atomic E-state index is 0.0332. The first-order valence-corrected chi connectivity index (χ1v) is 20.8. The molecule has 1 saturated carbocycles. The zero-order valence-corrected chi connectivity index (χ0v) is 34.3. The van der Waals surface area contributed by atoms with Crippen molar-refractivity contribution < 1.29 is 42.5 Å². The number of halogens is 1. The third-order valence-corrected chi connectivity index (χ3v) is 10.6. The van der Waals surface area contributed by atoms with Crippen molar-refractivity contribution in [3.05, 3.63) is 81.7 Å². The molecule has 3 aromatic rings. The summed E-state index contributed by atoms with van der Waals surface area (Å²) in [6.45, 7) is 7.78. The molecule has 3 aliphatic rings. The molecule has 1 aromatic carbocycles. The van der Waals surface area contributed by atoms with Crippen molar-refractivity contribution in [1.29, 1.82) is 0 Å². The predicted octanol–water partition coefficient (Wildman–Crippen LogP) is 2.30. The molecule has 1 saturated heterocycles. The number of anilines is 1. The lowest BCUT2D eigenvalue weighted by Crippen LogP contribution is -2.35. The second kappa shape index (κ2) is 22.5. The van der Waals surface area contributed by atoms with E-state index < -0.39 is 17.6 Å². The quantitative estimate of drug-likeness (QED) is 0.0795. The van der Waals surface area contributed by atoms with E-state index in [1.165, 1.54) is 18.2 Å². The number of carbonyl (C=O) groups excluding carboxylic acids is 4. The van der Waals surface area contributed by atoms with E-state index in [-0.39, 0.29) is 49.2 Å². The number of carbonyl (C=O) groups is 4. The summed E-state index contributed by atoms with van der Waals surface area (Å²) in [6, 6.07) is 7.48.